The van der Waals surface area contributed by atoms with Crippen molar-refractivity contribution in [2.45, 2.75) is 13.8 Å². The summed E-state index contributed by atoms with van der Waals surface area (Å²) in [4.78, 5) is 10.9. The standard InChI is InChI=1S/C7H12N6/c1-4-3-5(2)11-7(10-4)12-6(8)13-9/h3H,9H2,1-2H3,(H3,8,10,11,12,13)/p+1. The Morgan fingerprint density at radius 1 is 1.38 bits per heavy atom. The number of aromatic nitrogens is 2. The molecule has 6 heteroatoms. The number of rotatable bonds is 1. The number of hydrogen-bond donors (Lipinski definition) is 4. The summed E-state index contributed by atoms with van der Waals surface area (Å²) in [6.45, 7) is 3.76. The molecular weight excluding hydrogens is 168 g/mol. The van der Waals surface area contributed by atoms with Crippen molar-refractivity contribution in [3.8, 4) is 0 Å². The van der Waals surface area contributed by atoms with Crippen LogP contribution in [0.3, 0.4) is 0 Å². The molecule has 0 aliphatic carbocycles. The maximum absolute atomic E-state index is 5.39. The van der Waals surface area contributed by atoms with Gasteiger partial charge in [-0.15, -0.1) is 9.97 Å². The molecule has 0 saturated carbocycles. The van der Waals surface area contributed by atoms with E-state index in [1.54, 1.807) is 0 Å². The Morgan fingerprint density at radius 3 is 2.38 bits per heavy atom. The first kappa shape index (κ1) is 9.40. The van der Waals surface area contributed by atoms with Gasteiger partial charge in [0.2, 0.25) is 0 Å². The van der Waals surface area contributed by atoms with Crippen molar-refractivity contribution in [2.75, 3.05) is 0 Å². The predicted molar refractivity (Wildman–Crippen MR) is 48.6 cm³/mol. The second-order valence-electron chi connectivity index (χ2n) is 2.66. The van der Waals surface area contributed by atoms with Gasteiger partial charge in [-0.1, -0.05) is 0 Å². The molecular formula is C7H13N6+. The average molecular weight is 181 g/mol. The van der Waals surface area contributed by atoms with Crippen molar-refractivity contribution in [2.24, 2.45) is 11.6 Å². The molecule has 6 N–H and O–H groups in total. The summed E-state index contributed by atoms with van der Waals surface area (Å²) in [6, 6.07) is 1.87. The van der Waals surface area contributed by atoms with Gasteiger partial charge < -0.3 is 5.73 Å². The van der Waals surface area contributed by atoms with E-state index in [9.17, 15) is 0 Å². The second-order valence-corrected chi connectivity index (χ2v) is 2.66. The predicted octanol–water partition coefficient (Wildman–Crippen LogP) is -2.42. The van der Waals surface area contributed by atoms with Crippen LogP contribution < -0.4 is 22.0 Å². The van der Waals surface area contributed by atoms with Crippen molar-refractivity contribution in [3.63, 3.8) is 0 Å². The lowest BCUT2D eigenvalue weighted by Gasteiger charge is -1.94. The Morgan fingerprint density at radius 2 is 1.92 bits per heavy atom. The highest BCUT2D eigenvalue weighted by molar-refractivity contribution is 5.71. The Hall–Kier alpha value is -1.69. The molecule has 0 fully saturated rings. The zero-order valence-corrected chi connectivity index (χ0v) is 7.63. The van der Waals surface area contributed by atoms with E-state index < -0.39 is 0 Å². The van der Waals surface area contributed by atoms with Gasteiger partial charge in [0.25, 0.3) is 5.96 Å². The van der Waals surface area contributed by atoms with E-state index in [-0.39, 0.29) is 5.96 Å². The number of nitrogens with zero attached hydrogens (tertiary/aromatic N) is 2. The van der Waals surface area contributed by atoms with Crippen molar-refractivity contribution in [3.05, 3.63) is 17.5 Å². The van der Waals surface area contributed by atoms with E-state index in [0.29, 0.717) is 5.95 Å². The van der Waals surface area contributed by atoms with Crippen LogP contribution in [0.25, 0.3) is 0 Å². The molecule has 0 aliphatic heterocycles. The number of hydrogen-bond acceptors (Lipinski definition) is 3. The van der Waals surface area contributed by atoms with Crippen LogP contribution in [0.2, 0.25) is 0 Å². The van der Waals surface area contributed by atoms with Crippen LogP contribution in [-0.2, 0) is 0 Å². The van der Waals surface area contributed by atoms with Crippen LogP contribution in [0.4, 0.5) is 5.95 Å². The second kappa shape index (κ2) is 3.81. The van der Waals surface area contributed by atoms with E-state index in [4.69, 9.17) is 11.6 Å². The smallest absolute Gasteiger partial charge is 0.321 e. The summed E-state index contributed by atoms with van der Waals surface area (Å²) in [5, 5.41) is 0. The first-order valence-electron chi connectivity index (χ1n) is 3.80. The molecule has 1 aromatic rings. The minimum Gasteiger partial charge on any atom is -0.321 e. The molecule has 1 aromatic heterocycles. The third kappa shape index (κ3) is 2.68. The van der Waals surface area contributed by atoms with E-state index >= 15 is 0 Å². The quantitative estimate of drug-likeness (QED) is 0.167. The van der Waals surface area contributed by atoms with Crippen LogP contribution in [0, 0.1) is 13.8 Å². The number of aryl methyl sites for hydroxylation is 2. The fraction of sp³-hybridized carbons (Fsp3) is 0.286. The molecule has 0 radical (unpaired) electrons. The van der Waals surface area contributed by atoms with Gasteiger partial charge in [-0.25, -0.2) is 16.3 Å². The van der Waals surface area contributed by atoms with Gasteiger partial charge in [-0.05, 0) is 13.8 Å². The van der Waals surface area contributed by atoms with Crippen LogP contribution in [-0.4, -0.2) is 15.9 Å². The third-order valence-electron chi connectivity index (χ3n) is 1.38. The normalized spacial score (nSPS) is 11.5. The maximum Gasteiger partial charge on any atom is 0.354 e. The van der Waals surface area contributed by atoms with E-state index in [1.807, 2.05) is 19.9 Å². The number of nitrogens with two attached hydrogens (primary N) is 2. The van der Waals surface area contributed by atoms with Crippen molar-refractivity contribution in [1.29, 1.82) is 0 Å². The summed E-state index contributed by atoms with van der Waals surface area (Å²) < 4.78 is 0. The molecule has 0 unspecified atom stereocenters. The first-order chi connectivity index (χ1) is 6.11. The average Bonchev–Trinajstić information content (AvgIpc) is 2.02. The van der Waals surface area contributed by atoms with E-state index in [1.165, 1.54) is 0 Å². The van der Waals surface area contributed by atoms with Gasteiger partial charge >= 0.3 is 5.95 Å². The van der Waals surface area contributed by atoms with Gasteiger partial charge in [0.05, 0.1) is 11.4 Å². The van der Waals surface area contributed by atoms with Crippen molar-refractivity contribution >= 4 is 11.9 Å². The molecule has 0 atom stereocenters. The molecule has 0 aliphatic rings. The Kier molecular flexibility index (Phi) is 2.76. The summed E-state index contributed by atoms with van der Waals surface area (Å²) in [5.74, 6) is 5.72. The largest absolute Gasteiger partial charge is 0.354 e. The minimum atomic E-state index is 0.213. The molecule has 1 heterocycles. The van der Waals surface area contributed by atoms with Crippen molar-refractivity contribution < 1.29 is 4.99 Å². The first-order valence-corrected chi connectivity index (χ1v) is 3.80. The van der Waals surface area contributed by atoms with Gasteiger partial charge in [0.15, 0.2) is 0 Å². The van der Waals surface area contributed by atoms with Crippen molar-refractivity contribution in [1.82, 2.24) is 15.4 Å². The summed E-state index contributed by atoms with van der Waals surface area (Å²) in [5.41, 5.74) is 9.40. The maximum atomic E-state index is 5.39. The fourth-order valence-corrected chi connectivity index (χ4v) is 0.938. The molecule has 0 amide bonds. The molecule has 6 nitrogen and oxygen atoms in total. The highest BCUT2D eigenvalue weighted by Gasteiger charge is 2.03. The summed E-state index contributed by atoms with van der Waals surface area (Å²) in [6.07, 6.45) is 0. The lowest BCUT2D eigenvalue weighted by Crippen LogP contribution is -2.75. The molecule has 13 heavy (non-hydrogen) atoms. The van der Waals surface area contributed by atoms with Crippen LogP contribution in [0.15, 0.2) is 6.07 Å². The topological polar surface area (TPSA) is 104 Å². The SMILES string of the molecule is Cc1cc(C)nc([NH+]=C(N)NN)n1. The Bertz CT molecular complexity index is 312. The third-order valence-corrected chi connectivity index (χ3v) is 1.38. The van der Waals surface area contributed by atoms with Gasteiger partial charge in [0, 0.05) is 6.07 Å². The van der Waals surface area contributed by atoms with E-state index in [2.05, 4.69) is 20.4 Å². The summed E-state index contributed by atoms with van der Waals surface area (Å²) in [7, 11) is 0. The Labute approximate surface area is 76.1 Å². The number of guanidine groups is 1. The van der Waals surface area contributed by atoms with Gasteiger partial charge in [-0.2, -0.15) is 0 Å². The lowest BCUT2D eigenvalue weighted by molar-refractivity contribution is -0.368. The van der Waals surface area contributed by atoms with Crippen LogP contribution in [0.1, 0.15) is 11.4 Å². The molecule has 70 valence electrons. The molecule has 0 aromatic carbocycles. The van der Waals surface area contributed by atoms with Gasteiger partial charge in [0.1, 0.15) is 0 Å². The van der Waals surface area contributed by atoms with Gasteiger partial charge in [-0.3, -0.25) is 0 Å². The molecule has 0 bridgehead atoms. The zero-order chi connectivity index (χ0) is 9.84. The Balaban J connectivity index is 3.02. The molecule has 1 rings (SSSR count). The minimum absolute atomic E-state index is 0.213. The zero-order valence-electron chi connectivity index (χ0n) is 7.63. The monoisotopic (exact) mass is 181 g/mol. The van der Waals surface area contributed by atoms with Crippen LogP contribution >= 0.6 is 0 Å². The highest BCUT2D eigenvalue weighted by Crippen LogP contribution is 1.97. The number of hydrazine groups is 1. The highest BCUT2D eigenvalue weighted by atomic mass is 15.3. The number of nitrogens with one attached hydrogen (secondary N) is 2. The summed E-state index contributed by atoms with van der Waals surface area (Å²) >= 11 is 0. The van der Waals surface area contributed by atoms with Crippen LogP contribution in [0.5, 0.6) is 0 Å². The lowest BCUT2D eigenvalue weighted by atomic mass is 10.4. The fourth-order valence-electron chi connectivity index (χ4n) is 0.938. The molecule has 0 spiro atoms. The molecule has 0 saturated heterocycles. The van der Waals surface area contributed by atoms with E-state index in [0.717, 1.165) is 11.4 Å².